The fourth-order valence-electron chi connectivity index (χ4n) is 2.81. The average molecular weight is 346 g/mol. The highest BCUT2D eigenvalue weighted by Crippen LogP contribution is 2.30. The fraction of sp³-hybridized carbons (Fsp3) is 0.474. The third-order valence-electron chi connectivity index (χ3n) is 4.03. The molecule has 0 aliphatic heterocycles. The standard InChI is InChI=1S/C19H27N3OS/c1-7-20-18-15(11-21-19(22-18)24-6)9-14-10-17(23-5)13(4)8-16(14)12(2)3/h8,10-12H,7,9H2,1-6H3,(H,20,21,22). The molecule has 1 N–H and O–H groups in total. The number of hydrogen-bond acceptors (Lipinski definition) is 5. The Morgan fingerprint density at radius 3 is 2.58 bits per heavy atom. The second kappa shape index (κ2) is 8.38. The minimum absolute atomic E-state index is 0.457. The van der Waals surface area contributed by atoms with Gasteiger partial charge in [0.05, 0.1) is 7.11 Å². The SMILES string of the molecule is CCNc1nc(SC)ncc1Cc1cc(OC)c(C)cc1C(C)C. The lowest BCUT2D eigenvalue weighted by Crippen LogP contribution is -2.07. The summed E-state index contributed by atoms with van der Waals surface area (Å²) in [6.45, 7) is 9.46. The molecule has 0 saturated heterocycles. The monoisotopic (exact) mass is 345 g/mol. The number of hydrogen-bond donors (Lipinski definition) is 1. The van der Waals surface area contributed by atoms with Crippen LogP contribution in [0.4, 0.5) is 5.82 Å². The van der Waals surface area contributed by atoms with E-state index in [2.05, 4.69) is 55.1 Å². The molecule has 0 spiro atoms. The van der Waals surface area contributed by atoms with Gasteiger partial charge in [-0.05, 0) is 48.8 Å². The third-order valence-corrected chi connectivity index (χ3v) is 4.59. The number of aryl methyl sites for hydroxylation is 1. The molecule has 1 heterocycles. The van der Waals surface area contributed by atoms with Gasteiger partial charge in [0, 0.05) is 24.7 Å². The molecular formula is C19H27N3OS. The van der Waals surface area contributed by atoms with E-state index in [1.54, 1.807) is 18.9 Å². The molecule has 5 heteroatoms. The Morgan fingerprint density at radius 2 is 2.00 bits per heavy atom. The van der Waals surface area contributed by atoms with E-state index in [0.29, 0.717) is 5.92 Å². The quantitative estimate of drug-likeness (QED) is 0.584. The van der Waals surface area contributed by atoms with Crippen molar-refractivity contribution in [3.8, 4) is 5.75 Å². The van der Waals surface area contributed by atoms with Crippen molar-refractivity contribution in [2.24, 2.45) is 0 Å². The molecule has 0 amide bonds. The first kappa shape index (κ1) is 18.6. The predicted molar refractivity (Wildman–Crippen MR) is 103 cm³/mol. The lowest BCUT2D eigenvalue weighted by molar-refractivity contribution is 0.411. The van der Waals surface area contributed by atoms with Crippen molar-refractivity contribution in [2.45, 2.75) is 45.2 Å². The van der Waals surface area contributed by atoms with Gasteiger partial charge in [0.15, 0.2) is 5.16 Å². The van der Waals surface area contributed by atoms with Crippen molar-refractivity contribution in [1.82, 2.24) is 9.97 Å². The first-order chi connectivity index (χ1) is 11.5. The van der Waals surface area contributed by atoms with E-state index in [1.807, 2.05) is 12.5 Å². The van der Waals surface area contributed by atoms with E-state index >= 15 is 0 Å². The van der Waals surface area contributed by atoms with Crippen LogP contribution in [0.15, 0.2) is 23.5 Å². The van der Waals surface area contributed by atoms with Gasteiger partial charge in [0.25, 0.3) is 0 Å². The Bertz CT molecular complexity index is 701. The maximum absolute atomic E-state index is 5.52. The van der Waals surface area contributed by atoms with Crippen LogP contribution in [0.2, 0.25) is 0 Å². The molecule has 1 aromatic carbocycles. The predicted octanol–water partition coefficient (Wildman–Crippen LogP) is 4.66. The average Bonchev–Trinajstić information content (AvgIpc) is 2.57. The van der Waals surface area contributed by atoms with Gasteiger partial charge in [-0.25, -0.2) is 9.97 Å². The molecule has 0 bridgehead atoms. The van der Waals surface area contributed by atoms with Crippen LogP contribution >= 0.6 is 11.8 Å². The molecule has 0 atom stereocenters. The van der Waals surface area contributed by atoms with Crippen molar-refractivity contribution < 1.29 is 4.74 Å². The van der Waals surface area contributed by atoms with E-state index in [9.17, 15) is 0 Å². The topological polar surface area (TPSA) is 47.0 Å². The van der Waals surface area contributed by atoms with Gasteiger partial charge in [0.1, 0.15) is 11.6 Å². The Labute approximate surface area is 149 Å². The van der Waals surface area contributed by atoms with E-state index < -0.39 is 0 Å². The van der Waals surface area contributed by atoms with Gasteiger partial charge in [-0.3, -0.25) is 0 Å². The van der Waals surface area contributed by atoms with Gasteiger partial charge in [0.2, 0.25) is 0 Å². The molecule has 130 valence electrons. The maximum atomic E-state index is 5.52. The number of nitrogens with zero attached hydrogens (tertiary/aromatic N) is 2. The normalized spacial score (nSPS) is 11.0. The molecule has 0 aliphatic rings. The first-order valence-electron chi connectivity index (χ1n) is 8.31. The molecule has 0 unspecified atom stereocenters. The molecule has 0 saturated carbocycles. The Hall–Kier alpha value is -1.75. The van der Waals surface area contributed by atoms with Crippen molar-refractivity contribution in [2.75, 3.05) is 25.2 Å². The summed E-state index contributed by atoms with van der Waals surface area (Å²) in [4.78, 5) is 9.07. The van der Waals surface area contributed by atoms with Gasteiger partial charge in [-0.15, -0.1) is 0 Å². The molecular weight excluding hydrogens is 318 g/mol. The van der Waals surface area contributed by atoms with Crippen LogP contribution in [0.3, 0.4) is 0 Å². The molecule has 0 aliphatic carbocycles. The number of benzene rings is 1. The highest BCUT2D eigenvalue weighted by atomic mass is 32.2. The molecule has 2 aromatic rings. The van der Waals surface area contributed by atoms with Crippen molar-refractivity contribution in [3.63, 3.8) is 0 Å². The lowest BCUT2D eigenvalue weighted by Gasteiger charge is -2.18. The van der Waals surface area contributed by atoms with Crippen LogP contribution in [0.5, 0.6) is 5.75 Å². The van der Waals surface area contributed by atoms with Crippen molar-refractivity contribution in [1.29, 1.82) is 0 Å². The third kappa shape index (κ3) is 4.20. The molecule has 4 nitrogen and oxygen atoms in total. The van der Waals surface area contributed by atoms with Crippen LogP contribution in [0, 0.1) is 6.92 Å². The van der Waals surface area contributed by atoms with E-state index in [1.165, 1.54) is 16.7 Å². The van der Waals surface area contributed by atoms with Crippen LogP contribution in [0.25, 0.3) is 0 Å². The van der Waals surface area contributed by atoms with Crippen molar-refractivity contribution >= 4 is 17.6 Å². The number of methoxy groups -OCH3 is 1. The summed E-state index contributed by atoms with van der Waals surface area (Å²) in [6.07, 6.45) is 4.72. The van der Waals surface area contributed by atoms with Gasteiger partial charge < -0.3 is 10.1 Å². The lowest BCUT2D eigenvalue weighted by atomic mass is 9.91. The number of rotatable bonds is 7. The highest BCUT2D eigenvalue weighted by Gasteiger charge is 2.14. The Balaban J connectivity index is 2.46. The summed E-state index contributed by atoms with van der Waals surface area (Å²) in [6, 6.07) is 4.39. The number of aromatic nitrogens is 2. The van der Waals surface area contributed by atoms with E-state index in [-0.39, 0.29) is 0 Å². The van der Waals surface area contributed by atoms with Gasteiger partial charge >= 0.3 is 0 Å². The molecule has 0 fully saturated rings. The summed E-state index contributed by atoms with van der Waals surface area (Å²) in [7, 11) is 1.72. The molecule has 24 heavy (non-hydrogen) atoms. The van der Waals surface area contributed by atoms with Gasteiger partial charge in [-0.1, -0.05) is 31.7 Å². The van der Waals surface area contributed by atoms with Gasteiger partial charge in [-0.2, -0.15) is 0 Å². The zero-order valence-electron chi connectivity index (χ0n) is 15.4. The largest absolute Gasteiger partial charge is 0.496 e. The second-order valence-corrected chi connectivity index (χ2v) is 6.89. The van der Waals surface area contributed by atoms with Crippen LogP contribution < -0.4 is 10.1 Å². The second-order valence-electron chi connectivity index (χ2n) is 6.11. The zero-order valence-corrected chi connectivity index (χ0v) is 16.3. The Morgan fingerprint density at radius 1 is 1.25 bits per heavy atom. The smallest absolute Gasteiger partial charge is 0.189 e. The molecule has 2 rings (SSSR count). The minimum Gasteiger partial charge on any atom is -0.496 e. The summed E-state index contributed by atoms with van der Waals surface area (Å²) >= 11 is 1.56. The van der Waals surface area contributed by atoms with E-state index in [0.717, 1.165) is 35.3 Å². The number of anilines is 1. The minimum atomic E-state index is 0.457. The van der Waals surface area contributed by atoms with E-state index in [4.69, 9.17) is 4.74 Å². The summed E-state index contributed by atoms with van der Waals surface area (Å²) < 4.78 is 5.52. The molecule has 0 radical (unpaired) electrons. The number of nitrogens with one attached hydrogen (secondary N) is 1. The first-order valence-corrected chi connectivity index (χ1v) is 9.53. The Kier molecular flexibility index (Phi) is 6.49. The van der Waals surface area contributed by atoms with Crippen LogP contribution in [-0.4, -0.2) is 29.9 Å². The van der Waals surface area contributed by atoms with Crippen molar-refractivity contribution in [3.05, 3.63) is 40.6 Å². The fourth-order valence-corrected chi connectivity index (χ4v) is 3.15. The number of ether oxygens (including phenoxy) is 1. The summed E-state index contributed by atoms with van der Waals surface area (Å²) in [5, 5.41) is 4.16. The van der Waals surface area contributed by atoms with Crippen LogP contribution in [0.1, 0.15) is 48.9 Å². The maximum Gasteiger partial charge on any atom is 0.189 e. The van der Waals surface area contributed by atoms with Crippen LogP contribution in [-0.2, 0) is 6.42 Å². The summed E-state index contributed by atoms with van der Waals surface area (Å²) in [5.41, 5.74) is 4.91. The zero-order chi connectivity index (χ0) is 17.7. The number of thioether (sulfide) groups is 1. The highest BCUT2D eigenvalue weighted by molar-refractivity contribution is 7.98. The summed E-state index contributed by atoms with van der Waals surface area (Å²) in [5.74, 6) is 2.31. The molecule has 1 aromatic heterocycles.